The van der Waals surface area contributed by atoms with Crippen molar-refractivity contribution in [2.75, 3.05) is 29.3 Å². The van der Waals surface area contributed by atoms with Gasteiger partial charge < -0.3 is 0 Å². The highest BCUT2D eigenvalue weighted by atomic mass is 32.2. The number of thioether (sulfide) groups is 3. The Labute approximate surface area is 87.1 Å². The summed E-state index contributed by atoms with van der Waals surface area (Å²) in [6.45, 7) is 3.41. The van der Waals surface area contributed by atoms with E-state index in [-0.39, 0.29) is 5.12 Å². The summed E-state index contributed by atoms with van der Waals surface area (Å²) in [5, 5.41) is 0.0838. The van der Waals surface area contributed by atoms with Gasteiger partial charge in [0.15, 0.2) is 0 Å². The van der Waals surface area contributed by atoms with Crippen LogP contribution in [0.4, 0.5) is 0 Å². The van der Waals surface area contributed by atoms with Crippen molar-refractivity contribution in [3.05, 3.63) is 12.7 Å². The van der Waals surface area contributed by atoms with Crippen LogP contribution in [0.2, 0.25) is 0 Å². The molecular formula is C8H14OS3. The first-order valence-electron chi connectivity index (χ1n) is 3.67. The third-order valence-corrected chi connectivity index (χ3v) is 4.04. The molecule has 0 aliphatic carbocycles. The molecule has 0 aromatic heterocycles. The van der Waals surface area contributed by atoms with E-state index in [9.17, 15) is 4.79 Å². The summed E-state index contributed by atoms with van der Waals surface area (Å²) in [5.41, 5.74) is 0. The SMILES string of the molecule is C=CC(=O)SCCSCCSC. The highest BCUT2D eigenvalue weighted by Crippen LogP contribution is 2.09. The van der Waals surface area contributed by atoms with Gasteiger partial charge in [-0.15, -0.1) is 0 Å². The molecule has 0 fully saturated rings. The van der Waals surface area contributed by atoms with Gasteiger partial charge in [0.05, 0.1) is 0 Å². The molecule has 0 heterocycles. The summed E-state index contributed by atoms with van der Waals surface area (Å²) in [7, 11) is 0. The van der Waals surface area contributed by atoms with Crippen molar-refractivity contribution in [1.82, 2.24) is 0 Å². The smallest absolute Gasteiger partial charge is 0.211 e. The summed E-state index contributed by atoms with van der Waals surface area (Å²) in [6.07, 6.45) is 3.48. The molecule has 70 valence electrons. The number of rotatable bonds is 7. The largest absolute Gasteiger partial charge is 0.282 e. The van der Waals surface area contributed by atoms with E-state index >= 15 is 0 Å². The number of carbonyl (C=O) groups is 1. The van der Waals surface area contributed by atoms with Gasteiger partial charge in [-0.05, 0) is 12.3 Å². The van der Waals surface area contributed by atoms with E-state index < -0.39 is 0 Å². The second kappa shape index (κ2) is 9.55. The molecule has 12 heavy (non-hydrogen) atoms. The van der Waals surface area contributed by atoms with Crippen molar-refractivity contribution >= 4 is 40.4 Å². The minimum Gasteiger partial charge on any atom is -0.282 e. The molecule has 0 radical (unpaired) electrons. The van der Waals surface area contributed by atoms with Crippen molar-refractivity contribution in [1.29, 1.82) is 0 Å². The molecule has 0 atom stereocenters. The second-order valence-corrected chi connectivity index (χ2v) is 5.29. The van der Waals surface area contributed by atoms with Gasteiger partial charge >= 0.3 is 0 Å². The zero-order valence-corrected chi connectivity index (χ0v) is 9.70. The quantitative estimate of drug-likeness (QED) is 0.486. The average Bonchev–Trinajstić information content (AvgIpc) is 2.10. The van der Waals surface area contributed by atoms with Crippen molar-refractivity contribution in [3.63, 3.8) is 0 Å². The Balaban J connectivity index is 3.00. The van der Waals surface area contributed by atoms with Crippen molar-refractivity contribution in [2.45, 2.75) is 0 Å². The maximum absolute atomic E-state index is 10.7. The van der Waals surface area contributed by atoms with Gasteiger partial charge in [0.1, 0.15) is 0 Å². The summed E-state index contributed by atoms with van der Waals surface area (Å²) < 4.78 is 0. The molecular weight excluding hydrogens is 208 g/mol. The zero-order valence-electron chi connectivity index (χ0n) is 7.25. The molecule has 0 aromatic rings. The van der Waals surface area contributed by atoms with Crippen molar-refractivity contribution < 1.29 is 4.79 Å². The maximum Gasteiger partial charge on any atom is 0.211 e. The lowest BCUT2D eigenvalue weighted by Crippen LogP contribution is -1.92. The third-order valence-electron chi connectivity index (χ3n) is 1.07. The van der Waals surface area contributed by atoms with Gasteiger partial charge in [0, 0.05) is 23.0 Å². The first kappa shape index (κ1) is 12.5. The zero-order chi connectivity index (χ0) is 9.23. The molecule has 0 aliphatic rings. The fourth-order valence-corrected chi connectivity index (χ4v) is 2.97. The van der Waals surface area contributed by atoms with Crippen LogP contribution >= 0.6 is 35.3 Å². The van der Waals surface area contributed by atoms with Crippen LogP contribution in [0.1, 0.15) is 0 Å². The standard InChI is InChI=1S/C8H14OS3/c1-3-8(9)12-7-6-11-5-4-10-2/h3H,1,4-7H2,2H3. The molecule has 4 heteroatoms. The highest BCUT2D eigenvalue weighted by molar-refractivity contribution is 8.14. The van der Waals surface area contributed by atoms with Crippen LogP contribution in [-0.4, -0.2) is 34.4 Å². The van der Waals surface area contributed by atoms with Gasteiger partial charge in [0.2, 0.25) is 5.12 Å². The minimum absolute atomic E-state index is 0.0838. The first-order chi connectivity index (χ1) is 5.81. The molecule has 0 bridgehead atoms. The molecule has 0 spiro atoms. The van der Waals surface area contributed by atoms with Crippen molar-refractivity contribution in [3.8, 4) is 0 Å². The van der Waals surface area contributed by atoms with Crippen LogP contribution in [0.5, 0.6) is 0 Å². The molecule has 1 nitrogen and oxygen atoms in total. The van der Waals surface area contributed by atoms with Gasteiger partial charge in [-0.3, -0.25) is 4.79 Å². The van der Waals surface area contributed by atoms with Crippen LogP contribution < -0.4 is 0 Å². The van der Waals surface area contributed by atoms with Crippen LogP contribution in [0, 0.1) is 0 Å². The topological polar surface area (TPSA) is 17.1 Å². The maximum atomic E-state index is 10.7. The van der Waals surface area contributed by atoms with Crippen LogP contribution in [-0.2, 0) is 4.79 Å². The Hall–Kier alpha value is 0.460. The summed E-state index contributed by atoms with van der Waals surface area (Å²) in [4.78, 5) is 10.7. The molecule has 0 aromatic carbocycles. The van der Waals surface area contributed by atoms with E-state index in [1.807, 2.05) is 23.5 Å². The number of hydrogen-bond donors (Lipinski definition) is 0. The van der Waals surface area contributed by atoms with Crippen LogP contribution in [0.15, 0.2) is 12.7 Å². The monoisotopic (exact) mass is 222 g/mol. The fourth-order valence-electron chi connectivity index (χ4n) is 0.504. The molecule has 0 saturated heterocycles. The highest BCUT2D eigenvalue weighted by Gasteiger charge is 1.95. The predicted octanol–water partition coefficient (Wildman–Crippen LogP) is 2.53. The predicted molar refractivity (Wildman–Crippen MR) is 63.4 cm³/mol. The molecule has 0 saturated carbocycles. The van der Waals surface area contributed by atoms with Crippen LogP contribution in [0.3, 0.4) is 0 Å². The fraction of sp³-hybridized carbons (Fsp3) is 0.625. The van der Waals surface area contributed by atoms with Gasteiger partial charge in [-0.25, -0.2) is 0 Å². The minimum atomic E-state index is 0.0838. The Bertz CT molecular complexity index is 136. The molecule has 0 amide bonds. The van der Waals surface area contributed by atoms with Gasteiger partial charge in [-0.1, -0.05) is 18.3 Å². The Kier molecular flexibility index (Phi) is 9.91. The molecule has 0 rings (SSSR count). The number of hydrogen-bond acceptors (Lipinski definition) is 4. The Morgan fingerprint density at radius 1 is 1.33 bits per heavy atom. The summed E-state index contributed by atoms with van der Waals surface area (Å²) >= 11 is 5.11. The average molecular weight is 222 g/mol. The molecule has 0 aliphatic heterocycles. The van der Waals surface area contributed by atoms with Gasteiger partial charge in [0.25, 0.3) is 0 Å². The lowest BCUT2D eigenvalue weighted by atomic mass is 10.7. The van der Waals surface area contributed by atoms with E-state index in [0.717, 1.165) is 11.5 Å². The van der Waals surface area contributed by atoms with E-state index in [4.69, 9.17) is 0 Å². The number of carbonyl (C=O) groups excluding carboxylic acids is 1. The third kappa shape index (κ3) is 8.56. The van der Waals surface area contributed by atoms with E-state index in [2.05, 4.69) is 12.8 Å². The second-order valence-electron chi connectivity index (χ2n) is 1.98. The van der Waals surface area contributed by atoms with Crippen molar-refractivity contribution in [2.24, 2.45) is 0 Å². The van der Waals surface area contributed by atoms with Gasteiger partial charge in [-0.2, -0.15) is 23.5 Å². The first-order valence-corrected chi connectivity index (χ1v) is 7.20. The molecule has 0 unspecified atom stereocenters. The van der Waals surface area contributed by atoms with Crippen LogP contribution in [0.25, 0.3) is 0 Å². The normalized spacial score (nSPS) is 9.75. The van der Waals surface area contributed by atoms with E-state index in [1.54, 1.807) is 0 Å². The van der Waals surface area contributed by atoms with E-state index in [1.165, 1.54) is 29.3 Å². The Morgan fingerprint density at radius 3 is 2.58 bits per heavy atom. The van der Waals surface area contributed by atoms with E-state index in [0.29, 0.717) is 0 Å². The summed E-state index contributed by atoms with van der Waals surface area (Å²) in [6, 6.07) is 0. The molecule has 0 N–H and O–H groups in total. The lowest BCUT2D eigenvalue weighted by Gasteiger charge is -1.97. The Morgan fingerprint density at radius 2 is 2.00 bits per heavy atom. The summed E-state index contributed by atoms with van der Waals surface area (Å²) in [5.74, 6) is 4.35. The lowest BCUT2D eigenvalue weighted by molar-refractivity contribution is -0.107.